The van der Waals surface area contributed by atoms with Crippen LogP contribution in [0, 0.1) is 0 Å². The van der Waals surface area contributed by atoms with Gasteiger partial charge in [-0.2, -0.15) is 0 Å². The largest absolute Gasteiger partial charge is 0.485 e. The molecule has 0 radical (unpaired) electrons. The summed E-state index contributed by atoms with van der Waals surface area (Å²) in [5.41, 5.74) is 2.14. The van der Waals surface area contributed by atoms with Crippen molar-refractivity contribution < 1.29 is 23.0 Å². The van der Waals surface area contributed by atoms with E-state index in [2.05, 4.69) is 9.97 Å². The highest BCUT2D eigenvalue weighted by Gasteiger charge is 2.27. The Morgan fingerprint density at radius 3 is 2.77 bits per heavy atom. The standard InChI is InChI=1S/C23H19ClF2N2O3/c24-15-8-6-14(7-9-15)12-30-19-5-1-3-17(22(19)31-13-20(25)26)21(29)18-11-28-23-16(18)4-2-10-27-23/h2,4-11,20H,1,3,12-13H2,(H,27,28). The summed E-state index contributed by atoms with van der Waals surface area (Å²) in [4.78, 5) is 20.5. The third-order valence-electron chi connectivity index (χ3n) is 4.85. The van der Waals surface area contributed by atoms with Gasteiger partial charge >= 0.3 is 0 Å². The fraction of sp³-hybridized carbons (Fsp3) is 0.217. The predicted octanol–water partition coefficient (Wildman–Crippen LogP) is 5.83. The zero-order chi connectivity index (χ0) is 21.8. The SMILES string of the molecule is O=C(C1=C(OCC(F)F)C(OCc2ccc(Cl)cc2)=CCC1)c1c[nH]c2ncccc12. The molecule has 0 bridgehead atoms. The quantitative estimate of drug-likeness (QED) is 0.444. The van der Waals surface area contributed by atoms with Gasteiger partial charge in [0.2, 0.25) is 0 Å². The van der Waals surface area contributed by atoms with Gasteiger partial charge in [-0.15, -0.1) is 0 Å². The first kappa shape index (κ1) is 21.1. The van der Waals surface area contributed by atoms with Crippen LogP contribution in [0.3, 0.4) is 0 Å². The van der Waals surface area contributed by atoms with Crippen molar-refractivity contribution in [2.24, 2.45) is 0 Å². The van der Waals surface area contributed by atoms with Crippen molar-refractivity contribution in [1.29, 1.82) is 0 Å². The number of carbonyl (C=O) groups is 1. The number of hydrogen-bond donors (Lipinski definition) is 1. The number of ether oxygens (including phenoxy) is 2. The molecular formula is C23H19ClF2N2O3. The molecule has 2 heterocycles. The first-order chi connectivity index (χ1) is 15.0. The van der Waals surface area contributed by atoms with Crippen molar-refractivity contribution in [3.05, 3.63) is 88.1 Å². The fourth-order valence-corrected chi connectivity index (χ4v) is 3.52. The van der Waals surface area contributed by atoms with Gasteiger partial charge in [0, 0.05) is 33.9 Å². The summed E-state index contributed by atoms with van der Waals surface area (Å²) >= 11 is 5.90. The molecular weight excluding hydrogens is 426 g/mol. The van der Waals surface area contributed by atoms with Crippen LogP contribution < -0.4 is 0 Å². The zero-order valence-electron chi connectivity index (χ0n) is 16.4. The minimum Gasteiger partial charge on any atom is -0.485 e. The highest BCUT2D eigenvalue weighted by molar-refractivity contribution is 6.30. The van der Waals surface area contributed by atoms with Crippen molar-refractivity contribution in [3.63, 3.8) is 0 Å². The molecule has 5 nitrogen and oxygen atoms in total. The molecule has 0 unspecified atom stereocenters. The Morgan fingerprint density at radius 1 is 1.19 bits per heavy atom. The number of halogens is 3. The lowest BCUT2D eigenvalue weighted by Crippen LogP contribution is -2.17. The molecule has 8 heteroatoms. The molecule has 3 aromatic rings. The summed E-state index contributed by atoms with van der Waals surface area (Å²) in [5.74, 6) is 0.0381. The van der Waals surface area contributed by atoms with Crippen molar-refractivity contribution in [3.8, 4) is 0 Å². The summed E-state index contributed by atoms with van der Waals surface area (Å²) in [6.07, 6.45) is 3.15. The van der Waals surface area contributed by atoms with Crippen molar-refractivity contribution >= 4 is 28.4 Å². The fourth-order valence-electron chi connectivity index (χ4n) is 3.40. The second-order valence-corrected chi connectivity index (χ2v) is 7.40. The molecule has 0 saturated heterocycles. The van der Waals surface area contributed by atoms with Gasteiger partial charge in [0.25, 0.3) is 6.43 Å². The lowest BCUT2D eigenvalue weighted by molar-refractivity contribution is 0.0384. The Labute approximate surface area is 182 Å². The van der Waals surface area contributed by atoms with Crippen LogP contribution in [-0.2, 0) is 16.1 Å². The van der Waals surface area contributed by atoms with Gasteiger partial charge in [0.15, 0.2) is 17.3 Å². The Kier molecular flexibility index (Phi) is 6.32. The van der Waals surface area contributed by atoms with E-state index in [-0.39, 0.29) is 23.9 Å². The Balaban J connectivity index is 1.64. The summed E-state index contributed by atoms with van der Waals surface area (Å²) < 4.78 is 37.0. The van der Waals surface area contributed by atoms with E-state index in [9.17, 15) is 13.6 Å². The molecule has 0 atom stereocenters. The summed E-state index contributed by atoms with van der Waals surface area (Å²) in [5, 5.41) is 1.26. The molecule has 160 valence electrons. The maximum absolute atomic E-state index is 13.3. The Morgan fingerprint density at radius 2 is 2.00 bits per heavy atom. The second kappa shape index (κ2) is 9.31. The molecule has 4 rings (SSSR count). The van der Waals surface area contributed by atoms with Gasteiger partial charge in [0.05, 0.1) is 0 Å². The number of benzene rings is 1. The molecule has 0 saturated carbocycles. The number of aromatic amines is 1. The molecule has 1 aromatic carbocycles. The van der Waals surface area contributed by atoms with Crippen molar-refractivity contribution in [2.45, 2.75) is 25.9 Å². The van der Waals surface area contributed by atoms with E-state index in [0.29, 0.717) is 40.0 Å². The smallest absolute Gasteiger partial charge is 0.272 e. The molecule has 2 aromatic heterocycles. The number of fused-ring (bicyclic) bond motifs is 1. The van der Waals surface area contributed by atoms with Crippen molar-refractivity contribution in [1.82, 2.24) is 9.97 Å². The van der Waals surface area contributed by atoms with Gasteiger partial charge in [-0.1, -0.05) is 23.7 Å². The number of allylic oxidation sites excluding steroid dienone is 2. The van der Waals surface area contributed by atoms with Crippen LogP contribution in [0.5, 0.6) is 0 Å². The average molecular weight is 445 g/mol. The third-order valence-corrected chi connectivity index (χ3v) is 5.11. The summed E-state index contributed by atoms with van der Waals surface area (Å²) in [7, 11) is 0. The molecule has 31 heavy (non-hydrogen) atoms. The van der Waals surface area contributed by atoms with E-state index in [0.717, 1.165) is 5.56 Å². The first-order valence-corrected chi connectivity index (χ1v) is 10.1. The van der Waals surface area contributed by atoms with Gasteiger partial charge in [-0.3, -0.25) is 4.79 Å². The molecule has 0 aliphatic heterocycles. The van der Waals surface area contributed by atoms with E-state index in [1.54, 1.807) is 54.9 Å². The van der Waals surface area contributed by atoms with Crippen LogP contribution in [0.25, 0.3) is 11.0 Å². The van der Waals surface area contributed by atoms with Crippen LogP contribution in [-0.4, -0.2) is 28.8 Å². The topological polar surface area (TPSA) is 64.2 Å². The second-order valence-electron chi connectivity index (χ2n) is 6.96. The third kappa shape index (κ3) is 4.77. The number of alkyl halides is 2. The highest BCUT2D eigenvalue weighted by atomic mass is 35.5. The van der Waals surface area contributed by atoms with E-state index >= 15 is 0 Å². The van der Waals surface area contributed by atoms with E-state index in [4.69, 9.17) is 21.1 Å². The Bertz CT molecular complexity index is 1150. The van der Waals surface area contributed by atoms with E-state index in [1.165, 1.54) is 0 Å². The first-order valence-electron chi connectivity index (χ1n) is 9.71. The van der Waals surface area contributed by atoms with Crippen molar-refractivity contribution in [2.75, 3.05) is 6.61 Å². The number of rotatable bonds is 8. The Hall–Kier alpha value is -3.19. The van der Waals surface area contributed by atoms with E-state index in [1.807, 2.05) is 0 Å². The number of ketones is 1. The summed E-state index contributed by atoms with van der Waals surface area (Å²) in [6, 6.07) is 10.6. The number of hydrogen-bond acceptors (Lipinski definition) is 4. The van der Waals surface area contributed by atoms with E-state index < -0.39 is 13.0 Å². The number of Topliss-reactive ketones (excluding diaryl/α,β-unsaturated/α-hetero) is 1. The van der Waals surface area contributed by atoms with Crippen LogP contribution in [0.4, 0.5) is 8.78 Å². The molecule has 1 aliphatic rings. The highest BCUT2D eigenvalue weighted by Crippen LogP contribution is 2.32. The lowest BCUT2D eigenvalue weighted by atomic mass is 9.94. The number of H-pyrrole nitrogens is 1. The molecule has 1 aliphatic carbocycles. The number of nitrogens with zero attached hydrogens (tertiary/aromatic N) is 1. The molecule has 1 N–H and O–H groups in total. The van der Waals surface area contributed by atoms with Gasteiger partial charge in [-0.25, -0.2) is 13.8 Å². The monoisotopic (exact) mass is 444 g/mol. The van der Waals surface area contributed by atoms with Gasteiger partial charge in [-0.05, 0) is 48.7 Å². The zero-order valence-corrected chi connectivity index (χ0v) is 17.2. The van der Waals surface area contributed by atoms with Crippen LogP contribution in [0.15, 0.2) is 72.0 Å². The maximum atomic E-state index is 13.3. The number of nitrogens with one attached hydrogen (secondary N) is 1. The molecule has 0 amide bonds. The van der Waals surface area contributed by atoms with Crippen LogP contribution in [0.1, 0.15) is 28.8 Å². The molecule has 0 spiro atoms. The normalized spacial score (nSPS) is 14.1. The lowest BCUT2D eigenvalue weighted by Gasteiger charge is -2.22. The van der Waals surface area contributed by atoms with Crippen LogP contribution >= 0.6 is 11.6 Å². The predicted molar refractivity (Wildman–Crippen MR) is 113 cm³/mol. The summed E-state index contributed by atoms with van der Waals surface area (Å²) in [6.45, 7) is -0.647. The number of carbonyl (C=O) groups excluding carboxylic acids is 1. The minimum atomic E-state index is -2.68. The van der Waals surface area contributed by atoms with Gasteiger partial charge in [0.1, 0.15) is 18.9 Å². The maximum Gasteiger partial charge on any atom is 0.272 e. The molecule has 0 fully saturated rings. The number of aromatic nitrogens is 2. The number of pyridine rings is 1. The minimum absolute atomic E-state index is 0.0590. The van der Waals surface area contributed by atoms with Crippen LogP contribution in [0.2, 0.25) is 5.02 Å². The average Bonchev–Trinajstić information content (AvgIpc) is 3.21. The van der Waals surface area contributed by atoms with Gasteiger partial charge < -0.3 is 14.5 Å².